The van der Waals surface area contributed by atoms with Crippen molar-refractivity contribution in [2.75, 3.05) is 10.6 Å². The Bertz CT molecular complexity index is 1550. The Labute approximate surface area is 222 Å². The van der Waals surface area contributed by atoms with Crippen LogP contribution in [0.15, 0.2) is 65.9 Å². The molecular formula is C30H32N6O2. The number of allylic oxidation sites excluding steroid dienone is 1. The summed E-state index contributed by atoms with van der Waals surface area (Å²) in [7, 11) is 0. The first-order valence-electron chi connectivity index (χ1n) is 12.7. The Morgan fingerprint density at radius 1 is 0.947 bits per heavy atom. The number of carbonyl (C=O) groups is 1. The van der Waals surface area contributed by atoms with Crippen molar-refractivity contribution < 1.29 is 9.53 Å². The average molecular weight is 509 g/mol. The van der Waals surface area contributed by atoms with Crippen LogP contribution in [0.1, 0.15) is 51.9 Å². The fraction of sp³-hybridized carbons (Fsp3) is 0.267. The predicted octanol–water partition coefficient (Wildman–Crippen LogP) is 5.72. The van der Waals surface area contributed by atoms with Crippen LogP contribution >= 0.6 is 0 Å². The highest BCUT2D eigenvalue weighted by atomic mass is 16.5. The number of hydrogen-bond donors (Lipinski definition) is 2. The molecule has 0 saturated carbocycles. The first kappa shape index (κ1) is 25.2. The summed E-state index contributed by atoms with van der Waals surface area (Å²) in [6.45, 7) is 12.7. The van der Waals surface area contributed by atoms with E-state index in [1.807, 2.05) is 63.2 Å². The van der Waals surface area contributed by atoms with Crippen LogP contribution in [0.25, 0.3) is 0 Å². The fourth-order valence-corrected chi connectivity index (χ4v) is 4.77. The molecule has 1 atom stereocenters. The van der Waals surface area contributed by atoms with Gasteiger partial charge >= 0.3 is 0 Å². The SMILES string of the molecule is CC1=C(C(=O)Nc2cccc(C)c2C)C(c2ccc(OCc3cc(C)c(C)cc3C)cc2)n2nnnc2N1. The predicted molar refractivity (Wildman–Crippen MR) is 148 cm³/mol. The maximum Gasteiger partial charge on any atom is 0.255 e. The van der Waals surface area contributed by atoms with Crippen LogP contribution in [0, 0.1) is 34.6 Å². The number of aryl methyl sites for hydroxylation is 4. The Morgan fingerprint density at radius 2 is 1.68 bits per heavy atom. The molecule has 0 bridgehead atoms. The minimum atomic E-state index is -0.498. The zero-order valence-electron chi connectivity index (χ0n) is 22.6. The van der Waals surface area contributed by atoms with Gasteiger partial charge in [0.1, 0.15) is 18.4 Å². The Morgan fingerprint density at radius 3 is 2.45 bits per heavy atom. The van der Waals surface area contributed by atoms with Crippen LogP contribution in [0.3, 0.4) is 0 Å². The minimum absolute atomic E-state index is 0.208. The topological polar surface area (TPSA) is 94.0 Å². The summed E-state index contributed by atoms with van der Waals surface area (Å²) in [5, 5.41) is 18.4. The number of nitrogens with one attached hydrogen (secondary N) is 2. The number of anilines is 2. The van der Waals surface area contributed by atoms with Gasteiger partial charge in [0.05, 0.1) is 5.57 Å². The van der Waals surface area contributed by atoms with E-state index >= 15 is 0 Å². The third-order valence-electron chi connectivity index (χ3n) is 7.35. The molecule has 1 aliphatic heterocycles. The summed E-state index contributed by atoms with van der Waals surface area (Å²) in [6.07, 6.45) is 0. The van der Waals surface area contributed by atoms with Gasteiger partial charge in [-0.1, -0.05) is 41.5 Å². The first-order chi connectivity index (χ1) is 18.2. The molecule has 0 aliphatic carbocycles. The van der Waals surface area contributed by atoms with Crippen LogP contribution in [0.4, 0.5) is 11.6 Å². The second kappa shape index (κ2) is 10.1. The highest BCUT2D eigenvalue weighted by Gasteiger charge is 2.34. The first-order valence-corrected chi connectivity index (χ1v) is 12.7. The lowest BCUT2D eigenvalue weighted by Crippen LogP contribution is -2.31. The number of benzene rings is 3. The van der Waals surface area contributed by atoms with E-state index in [1.54, 1.807) is 4.68 Å². The van der Waals surface area contributed by atoms with Crippen molar-refractivity contribution >= 4 is 17.5 Å². The maximum absolute atomic E-state index is 13.7. The number of amides is 1. The second-order valence-corrected chi connectivity index (χ2v) is 9.94. The molecule has 0 fully saturated rings. The van der Waals surface area contributed by atoms with E-state index in [-0.39, 0.29) is 5.91 Å². The minimum Gasteiger partial charge on any atom is -0.489 e. The van der Waals surface area contributed by atoms with E-state index in [0.717, 1.165) is 33.7 Å². The number of nitrogens with zero attached hydrogens (tertiary/aromatic N) is 4. The molecule has 0 radical (unpaired) electrons. The molecule has 194 valence electrons. The number of carbonyl (C=O) groups excluding carboxylic acids is 1. The third kappa shape index (κ3) is 4.77. The van der Waals surface area contributed by atoms with Crippen LogP contribution in [-0.2, 0) is 11.4 Å². The van der Waals surface area contributed by atoms with Crippen molar-refractivity contribution in [3.05, 3.63) is 105 Å². The summed E-state index contributed by atoms with van der Waals surface area (Å²) in [5.41, 5.74) is 9.95. The second-order valence-electron chi connectivity index (χ2n) is 9.94. The van der Waals surface area contributed by atoms with E-state index in [0.29, 0.717) is 23.8 Å². The number of aromatic nitrogens is 4. The number of hydrogen-bond acceptors (Lipinski definition) is 6. The van der Waals surface area contributed by atoms with Gasteiger partial charge in [-0.05, 0) is 109 Å². The number of ether oxygens (including phenoxy) is 1. The summed E-state index contributed by atoms with van der Waals surface area (Å²) < 4.78 is 7.75. The van der Waals surface area contributed by atoms with Gasteiger partial charge in [0.2, 0.25) is 5.95 Å². The third-order valence-corrected chi connectivity index (χ3v) is 7.35. The maximum atomic E-state index is 13.7. The standard InChI is InChI=1S/C30H32N6O2/c1-17-8-7-9-26(21(17)5)32-29(37)27-22(6)31-30-33-34-35-36(30)28(27)23-10-12-25(13-11-23)38-16-24-15-19(3)18(2)14-20(24)4/h7-15,28H,16H2,1-6H3,(H,32,37)(H,31,33,35). The average Bonchev–Trinajstić information content (AvgIpc) is 3.35. The van der Waals surface area contributed by atoms with Crippen LogP contribution in [0.5, 0.6) is 5.75 Å². The smallest absolute Gasteiger partial charge is 0.255 e. The lowest BCUT2D eigenvalue weighted by atomic mass is 9.94. The summed E-state index contributed by atoms with van der Waals surface area (Å²) >= 11 is 0. The van der Waals surface area contributed by atoms with Gasteiger partial charge in [0.25, 0.3) is 5.91 Å². The molecule has 1 aliphatic rings. The molecule has 0 saturated heterocycles. The monoisotopic (exact) mass is 508 g/mol. The molecule has 38 heavy (non-hydrogen) atoms. The van der Waals surface area contributed by atoms with Gasteiger partial charge in [-0.2, -0.15) is 4.68 Å². The lowest BCUT2D eigenvalue weighted by molar-refractivity contribution is -0.113. The van der Waals surface area contributed by atoms with Crippen LogP contribution in [-0.4, -0.2) is 26.1 Å². The van der Waals surface area contributed by atoms with Crippen LogP contribution in [0.2, 0.25) is 0 Å². The molecule has 8 heteroatoms. The highest BCUT2D eigenvalue weighted by Crippen LogP contribution is 2.36. The van der Waals surface area contributed by atoms with E-state index < -0.39 is 6.04 Å². The van der Waals surface area contributed by atoms with Crippen molar-refractivity contribution in [2.45, 2.75) is 54.2 Å². The lowest BCUT2D eigenvalue weighted by Gasteiger charge is -2.28. The quantitative estimate of drug-likeness (QED) is 0.346. The van der Waals surface area contributed by atoms with Gasteiger partial charge in [0, 0.05) is 11.4 Å². The molecule has 1 aromatic heterocycles. The number of tetrazole rings is 1. The van der Waals surface area contributed by atoms with Gasteiger partial charge in [-0.15, -0.1) is 0 Å². The van der Waals surface area contributed by atoms with Crippen molar-refractivity contribution in [2.24, 2.45) is 0 Å². The molecule has 0 spiro atoms. The Hall–Kier alpha value is -4.46. The summed E-state index contributed by atoms with van der Waals surface area (Å²) in [4.78, 5) is 13.7. The molecule has 5 rings (SSSR count). The van der Waals surface area contributed by atoms with Crippen molar-refractivity contribution in [1.29, 1.82) is 0 Å². The van der Waals surface area contributed by atoms with Gasteiger partial charge in [0.15, 0.2) is 0 Å². The summed E-state index contributed by atoms with van der Waals surface area (Å²) in [6, 6.07) is 17.5. The van der Waals surface area contributed by atoms with E-state index in [2.05, 4.69) is 59.1 Å². The molecule has 2 heterocycles. The van der Waals surface area contributed by atoms with E-state index in [9.17, 15) is 4.79 Å². The zero-order chi connectivity index (χ0) is 27.0. The molecule has 3 aromatic carbocycles. The molecule has 1 unspecified atom stereocenters. The van der Waals surface area contributed by atoms with E-state index in [4.69, 9.17) is 4.74 Å². The van der Waals surface area contributed by atoms with E-state index in [1.165, 1.54) is 16.7 Å². The molecule has 4 aromatic rings. The fourth-order valence-electron chi connectivity index (χ4n) is 4.77. The van der Waals surface area contributed by atoms with Crippen molar-refractivity contribution in [3.63, 3.8) is 0 Å². The largest absolute Gasteiger partial charge is 0.489 e. The van der Waals surface area contributed by atoms with Crippen LogP contribution < -0.4 is 15.4 Å². The normalized spacial score (nSPS) is 14.6. The Kier molecular flexibility index (Phi) is 6.72. The number of fused-ring (bicyclic) bond motifs is 1. The summed E-state index contributed by atoms with van der Waals surface area (Å²) in [5.74, 6) is 1.03. The van der Waals surface area contributed by atoms with Crippen molar-refractivity contribution in [1.82, 2.24) is 20.2 Å². The molecular weight excluding hydrogens is 476 g/mol. The van der Waals surface area contributed by atoms with Crippen molar-refractivity contribution in [3.8, 4) is 5.75 Å². The van der Waals surface area contributed by atoms with Gasteiger partial charge in [-0.25, -0.2) is 0 Å². The number of rotatable bonds is 6. The van der Waals surface area contributed by atoms with Gasteiger partial charge < -0.3 is 15.4 Å². The molecule has 2 N–H and O–H groups in total. The molecule has 8 nitrogen and oxygen atoms in total. The Balaban J connectivity index is 1.42. The highest BCUT2D eigenvalue weighted by molar-refractivity contribution is 6.06. The zero-order valence-corrected chi connectivity index (χ0v) is 22.6. The van der Waals surface area contributed by atoms with Gasteiger partial charge in [-0.3, -0.25) is 4.79 Å². The molecule has 1 amide bonds.